The average molecular weight is 300 g/mol. The van der Waals surface area contributed by atoms with Crippen LogP contribution in [0.5, 0.6) is 17.2 Å². The van der Waals surface area contributed by atoms with Gasteiger partial charge in [0.15, 0.2) is 17.3 Å². The van der Waals surface area contributed by atoms with E-state index in [1.807, 2.05) is 12.2 Å². The molecule has 1 saturated carbocycles. The first kappa shape index (κ1) is 14.7. The summed E-state index contributed by atoms with van der Waals surface area (Å²) in [4.78, 5) is 12.1. The monoisotopic (exact) mass is 300 g/mol. The quantitative estimate of drug-likeness (QED) is 0.841. The summed E-state index contributed by atoms with van der Waals surface area (Å²) < 4.78 is 5.02. The zero-order chi connectivity index (χ0) is 16.1. The van der Waals surface area contributed by atoms with Gasteiger partial charge >= 0.3 is 0 Å². The van der Waals surface area contributed by atoms with E-state index in [0.717, 1.165) is 12.0 Å². The van der Waals surface area contributed by atoms with E-state index < -0.39 is 0 Å². The van der Waals surface area contributed by atoms with Crippen LogP contribution >= 0.6 is 0 Å². The fourth-order valence-electron chi connectivity index (χ4n) is 3.56. The van der Waals surface area contributed by atoms with Crippen LogP contribution in [-0.2, 0) is 4.79 Å². The van der Waals surface area contributed by atoms with Crippen molar-refractivity contribution in [2.24, 2.45) is 17.3 Å². The van der Waals surface area contributed by atoms with E-state index in [2.05, 4.69) is 13.8 Å². The Labute approximate surface area is 129 Å². The van der Waals surface area contributed by atoms with Crippen LogP contribution in [0.4, 0.5) is 0 Å². The summed E-state index contributed by atoms with van der Waals surface area (Å²) >= 11 is 0. The lowest BCUT2D eigenvalue weighted by Crippen LogP contribution is -2.52. The van der Waals surface area contributed by atoms with Crippen molar-refractivity contribution < 1.29 is 19.7 Å². The number of fused-ring (bicyclic) bond motifs is 1. The summed E-state index contributed by atoms with van der Waals surface area (Å²) in [6.45, 7) is 4.28. The number of methoxy groups -OCH3 is 1. The van der Waals surface area contributed by atoms with Crippen molar-refractivity contribution >= 4 is 11.9 Å². The predicted molar refractivity (Wildman–Crippen MR) is 83.8 cm³/mol. The van der Waals surface area contributed by atoms with Gasteiger partial charge in [0, 0.05) is 5.92 Å². The maximum Gasteiger partial charge on any atom is 0.200 e. The Hall–Kier alpha value is -2.23. The molecule has 1 fully saturated rings. The lowest BCUT2D eigenvalue weighted by molar-refractivity contribution is -0.133. The third-order valence-electron chi connectivity index (χ3n) is 5.09. The van der Waals surface area contributed by atoms with Crippen molar-refractivity contribution in [1.29, 1.82) is 0 Å². The molecule has 22 heavy (non-hydrogen) atoms. The first-order valence-corrected chi connectivity index (χ1v) is 7.38. The number of phenolic OH excluding ortho intramolecular Hbond substituents is 2. The molecule has 0 radical (unpaired) electrons. The third-order valence-corrected chi connectivity index (χ3v) is 5.09. The Balaban J connectivity index is 1.89. The van der Waals surface area contributed by atoms with Gasteiger partial charge in [0.2, 0.25) is 5.75 Å². The molecule has 4 nitrogen and oxygen atoms in total. The maximum atomic E-state index is 12.1. The van der Waals surface area contributed by atoms with Crippen molar-refractivity contribution in [1.82, 2.24) is 0 Å². The topological polar surface area (TPSA) is 66.8 Å². The maximum absolute atomic E-state index is 12.1. The Kier molecular flexibility index (Phi) is 3.28. The number of aromatic hydroxyl groups is 2. The lowest BCUT2D eigenvalue weighted by Gasteiger charge is -2.54. The normalized spacial score (nSPS) is 25.8. The Bertz CT molecular complexity index is 697. The fourth-order valence-corrected chi connectivity index (χ4v) is 3.56. The van der Waals surface area contributed by atoms with Gasteiger partial charge in [0.1, 0.15) is 0 Å². The zero-order valence-electron chi connectivity index (χ0n) is 13.0. The molecule has 1 aromatic carbocycles. The third kappa shape index (κ3) is 2.10. The van der Waals surface area contributed by atoms with Crippen molar-refractivity contribution in [3.63, 3.8) is 0 Å². The highest BCUT2D eigenvalue weighted by Gasteiger charge is 2.54. The van der Waals surface area contributed by atoms with Crippen LogP contribution in [0, 0.1) is 17.3 Å². The van der Waals surface area contributed by atoms with E-state index in [9.17, 15) is 15.0 Å². The Morgan fingerprint density at radius 1 is 1.23 bits per heavy atom. The molecule has 2 atom stereocenters. The van der Waals surface area contributed by atoms with Crippen LogP contribution in [0.25, 0.3) is 6.08 Å². The predicted octanol–water partition coefficient (Wildman–Crippen LogP) is 3.29. The minimum atomic E-state index is -0.269. The number of ether oxygens (including phenoxy) is 1. The zero-order valence-corrected chi connectivity index (χ0v) is 13.0. The molecular formula is C18H20O4. The smallest absolute Gasteiger partial charge is 0.200 e. The number of phenols is 2. The summed E-state index contributed by atoms with van der Waals surface area (Å²) in [6, 6.07) is 3.11. The molecule has 0 amide bonds. The van der Waals surface area contributed by atoms with Crippen molar-refractivity contribution in [2.75, 3.05) is 7.11 Å². The van der Waals surface area contributed by atoms with Crippen molar-refractivity contribution in [3.8, 4) is 17.2 Å². The molecule has 0 spiro atoms. The van der Waals surface area contributed by atoms with Crippen LogP contribution in [0.3, 0.4) is 0 Å². The van der Waals surface area contributed by atoms with Gasteiger partial charge in [-0.2, -0.15) is 0 Å². The SMILES string of the molecule is COc1cc(C=CC2=CC(=O)[C@H]3CC2C3(C)C)cc(O)c1O. The molecule has 0 saturated heterocycles. The van der Waals surface area contributed by atoms with Crippen molar-refractivity contribution in [2.45, 2.75) is 20.3 Å². The first-order valence-electron chi connectivity index (χ1n) is 7.38. The highest BCUT2D eigenvalue weighted by molar-refractivity contribution is 5.96. The van der Waals surface area contributed by atoms with Gasteiger partial charge in [-0.25, -0.2) is 0 Å². The largest absolute Gasteiger partial charge is 0.504 e. The van der Waals surface area contributed by atoms with E-state index in [-0.39, 0.29) is 34.4 Å². The van der Waals surface area contributed by atoms with Crippen LogP contribution in [0.2, 0.25) is 0 Å². The van der Waals surface area contributed by atoms with Crippen LogP contribution in [0.1, 0.15) is 25.8 Å². The second kappa shape index (κ2) is 4.90. The molecule has 3 aliphatic carbocycles. The molecule has 4 heteroatoms. The van der Waals surface area contributed by atoms with Crippen LogP contribution in [0.15, 0.2) is 29.9 Å². The number of benzene rings is 1. The number of hydrogen-bond donors (Lipinski definition) is 2. The average Bonchev–Trinajstić information content (AvgIpc) is 2.47. The van der Waals surface area contributed by atoms with Gasteiger partial charge in [-0.3, -0.25) is 4.79 Å². The number of ketones is 1. The Morgan fingerprint density at radius 3 is 2.55 bits per heavy atom. The highest BCUT2D eigenvalue weighted by Crippen LogP contribution is 2.58. The molecule has 0 heterocycles. The minimum Gasteiger partial charge on any atom is -0.504 e. The number of carbonyl (C=O) groups is 1. The summed E-state index contributed by atoms with van der Waals surface area (Å²) in [5.74, 6) is 0.494. The van der Waals surface area contributed by atoms with Gasteiger partial charge < -0.3 is 14.9 Å². The molecular weight excluding hydrogens is 280 g/mol. The van der Waals surface area contributed by atoms with Crippen molar-refractivity contribution in [3.05, 3.63) is 35.4 Å². The minimum absolute atomic E-state index is 0.0281. The first-order chi connectivity index (χ1) is 10.3. The summed E-state index contributed by atoms with van der Waals surface area (Å²) in [7, 11) is 1.43. The highest BCUT2D eigenvalue weighted by atomic mass is 16.5. The molecule has 2 bridgehead atoms. The van der Waals surface area contributed by atoms with Gasteiger partial charge in [-0.1, -0.05) is 26.0 Å². The number of rotatable bonds is 3. The van der Waals surface area contributed by atoms with E-state index in [1.54, 1.807) is 12.1 Å². The molecule has 3 aliphatic rings. The summed E-state index contributed by atoms with van der Waals surface area (Å²) in [6.07, 6.45) is 6.41. The second-order valence-electron chi connectivity index (χ2n) is 6.63. The van der Waals surface area contributed by atoms with E-state index in [4.69, 9.17) is 4.74 Å². The van der Waals surface area contributed by atoms with E-state index in [1.165, 1.54) is 13.2 Å². The number of allylic oxidation sites excluding steroid dienone is 3. The number of hydrogen-bond acceptors (Lipinski definition) is 4. The molecule has 1 unspecified atom stereocenters. The molecule has 4 rings (SSSR count). The second-order valence-corrected chi connectivity index (χ2v) is 6.63. The van der Waals surface area contributed by atoms with Gasteiger partial charge in [0.05, 0.1) is 7.11 Å². The number of carbonyl (C=O) groups excluding carboxylic acids is 1. The summed E-state index contributed by atoms with van der Waals surface area (Å²) in [5, 5.41) is 19.3. The summed E-state index contributed by atoms with van der Waals surface area (Å²) in [5.41, 5.74) is 1.77. The lowest BCUT2D eigenvalue weighted by atomic mass is 9.48. The standard InChI is InChI=1S/C18H20O4/c1-18(2)12-9-13(18)14(19)8-11(12)5-4-10-6-15(20)17(21)16(7-10)22-3/h4-8,12-13,20-21H,9H2,1-3H3/t12?,13-/m1/s1. The van der Waals surface area contributed by atoms with Gasteiger partial charge in [0.25, 0.3) is 0 Å². The molecule has 0 aromatic heterocycles. The van der Waals surface area contributed by atoms with Gasteiger partial charge in [-0.05, 0) is 47.1 Å². The molecule has 116 valence electrons. The fraction of sp³-hybridized carbons (Fsp3) is 0.389. The van der Waals surface area contributed by atoms with Gasteiger partial charge in [-0.15, -0.1) is 0 Å². The van der Waals surface area contributed by atoms with E-state index >= 15 is 0 Å². The van der Waals surface area contributed by atoms with Crippen LogP contribution < -0.4 is 4.74 Å². The van der Waals surface area contributed by atoms with Crippen LogP contribution in [-0.4, -0.2) is 23.1 Å². The molecule has 2 N–H and O–H groups in total. The molecule has 1 aromatic rings. The molecule has 0 aliphatic heterocycles. The Morgan fingerprint density at radius 2 is 1.95 bits per heavy atom. The van der Waals surface area contributed by atoms with E-state index in [0.29, 0.717) is 11.5 Å².